The van der Waals surface area contributed by atoms with Gasteiger partial charge in [0.1, 0.15) is 0 Å². The van der Waals surface area contributed by atoms with E-state index in [1.807, 2.05) is 97.1 Å². The van der Waals surface area contributed by atoms with Gasteiger partial charge in [-0.15, -0.1) is 0 Å². The van der Waals surface area contributed by atoms with Crippen LogP contribution in [0.25, 0.3) is 254 Å². The van der Waals surface area contributed by atoms with E-state index in [2.05, 4.69) is 331 Å². The van der Waals surface area contributed by atoms with E-state index in [9.17, 15) is 10.5 Å². The quantitative estimate of drug-likeness (QED) is 0.112. The number of hydrogen-bond acceptors (Lipinski definition) is 7. The predicted octanol–water partition coefficient (Wildman–Crippen LogP) is 29.9. The zero-order chi connectivity index (χ0) is 83.2. The van der Waals surface area contributed by atoms with Gasteiger partial charge in [0.15, 0.2) is 23.3 Å². The predicted molar refractivity (Wildman–Crippen MR) is 519 cm³/mol. The van der Waals surface area contributed by atoms with Crippen LogP contribution >= 0.6 is 0 Å². The number of nitrogens with zero attached hydrogens (tertiary/aromatic N) is 9. The minimum Gasteiger partial charge on any atom is -0.309 e. The third-order valence-corrected chi connectivity index (χ3v) is 25.7. The molecule has 4 heterocycles. The SMILES string of the molecule is N#Cc1ccc2c3c1ccc1c(-c4ccc(-c5cc6ccc7cc(-c8nc(-c9ccccc9)cc(-c9ccccc9)n8)cc8ccc(c5)c6c78)cc4)ccc(c13)n2-c1ccccc1.N#Cc1ccc2c3c1ccc1c(-c4ccc(-c5cc6ccc7cc(-c8nc(-c9ccccc9)nc(-c9ccccc9)n8)cc8ccc(c5)c6c78)cc4)ccc(c13)n2-c1ccccc1. The summed E-state index contributed by atoms with van der Waals surface area (Å²) in [6.07, 6.45) is 0. The summed E-state index contributed by atoms with van der Waals surface area (Å²) in [4.78, 5) is 25.2. The summed E-state index contributed by atoms with van der Waals surface area (Å²) < 4.78 is 4.65. The normalized spacial score (nSPS) is 11.8. The Labute approximate surface area is 723 Å². The van der Waals surface area contributed by atoms with Gasteiger partial charge >= 0.3 is 0 Å². The summed E-state index contributed by atoms with van der Waals surface area (Å²) in [5.41, 5.74) is 25.2. The molecule has 0 aliphatic carbocycles. The van der Waals surface area contributed by atoms with Gasteiger partial charge in [0.2, 0.25) is 0 Å². The van der Waals surface area contributed by atoms with Crippen LogP contribution in [0.5, 0.6) is 0 Å². The first kappa shape index (κ1) is 71.5. The maximum Gasteiger partial charge on any atom is 0.164 e. The summed E-state index contributed by atoms with van der Waals surface area (Å²) in [6.45, 7) is 0. The van der Waals surface area contributed by atoms with Crippen LogP contribution in [0.3, 0.4) is 0 Å². The number of nitriles is 2. The van der Waals surface area contributed by atoms with Crippen molar-refractivity contribution in [1.29, 1.82) is 10.5 Å². The standard InChI is InChI=1S/C59H34N4.C58H33N5/c60-35-44-24-28-53-57-49(44)25-26-50-48(27-29-54(58(50)57)63(53)47-14-8-3-9-15-47)37-18-16-36(17-19-37)45-30-40-20-22-42-32-46(33-43-23-21-41(31-45)55(40)56(42)43)59-61-51(38-10-4-1-5-11-38)34-52(62-59)39-12-6-2-7-13-39;59-34-43-24-28-50-54-48(43)25-26-49-47(27-29-51(55(49)54)63(50)46-14-8-3-9-15-46)36-18-16-35(17-19-36)44-30-39-20-22-41-32-45(33-42-23-21-40(31-44)52(39)53(41)42)58-61-56(37-10-4-1-5-11-37)60-57(62-58)38-12-6-2-7-13-38/h1-34H;1-33H. The van der Waals surface area contributed by atoms with Gasteiger partial charge < -0.3 is 9.13 Å². The molecule has 4 aromatic heterocycles. The van der Waals surface area contributed by atoms with E-state index < -0.39 is 0 Å². The highest BCUT2D eigenvalue weighted by Crippen LogP contribution is 2.49. The molecule has 0 amide bonds. The topological polar surface area (TPSA) is 122 Å². The number of para-hydroxylation sites is 2. The molecule has 0 saturated carbocycles. The molecule has 0 fully saturated rings. The molecule has 9 nitrogen and oxygen atoms in total. The van der Waals surface area contributed by atoms with Crippen molar-refractivity contribution in [2.24, 2.45) is 0 Å². The van der Waals surface area contributed by atoms with Crippen LogP contribution in [0.4, 0.5) is 0 Å². The van der Waals surface area contributed by atoms with E-state index in [1.54, 1.807) is 0 Å². The zero-order valence-electron chi connectivity index (χ0n) is 67.7. The van der Waals surface area contributed by atoms with Gasteiger partial charge in [-0.2, -0.15) is 10.5 Å². The summed E-state index contributed by atoms with van der Waals surface area (Å²) in [7, 11) is 0. The molecule has 126 heavy (non-hydrogen) atoms. The van der Waals surface area contributed by atoms with Crippen LogP contribution in [0.1, 0.15) is 11.1 Å². The number of rotatable bonds is 12. The lowest BCUT2D eigenvalue weighted by Crippen LogP contribution is -2.00. The van der Waals surface area contributed by atoms with Crippen LogP contribution < -0.4 is 0 Å². The molecule has 26 rings (SSSR count). The lowest BCUT2D eigenvalue weighted by Gasteiger charge is -2.15. The van der Waals surface area contributed by atoms with E-state index in [-0.39, 0.29) is 0 Å². The van der Waals surface area contributed by atoms with Crippen molar-refractivity contribution in [3.05, 3.63) is 418 Å². The third kappa shape index (κ3) is 11.6. The average molecular weight is 1600 g/mol. The van der Waals surface area contributed by atoms with E-state index in [4.69, 9.17) is 24.9 Å². The Morgan fingerprint density at radius 1 is 0.183 bits per heavy atom. The highest BCUT2D eigenvalue weighted by atomic mass is 15.0. The molecular formula is C117H67N9. The van der Waals surface area contributed by atoms with Crippen molar-refractivity contribution < 1.29 is 0 Å². The minimum atomic E-state index is 0.649. The Morgan fingerprint density at radius 2 is 0.444 bits per heavy atom. The lowest BCUT2D eigenvalue weighted by molar-refractivity contribution is 1.07. The molecule has 0 atom stereocenters. The fourth-order valence-electron chi connectivity index (χ4n) is 19.9. The molecule has 0 N–H and O–H groups in total. The second kappa shape index (κ2) is 28.7. The van der Waals surface area contributed by atoms with Crippen molar-refractivity contribution in [2.45, 2.75) is 0 Å². The fourth-order valence-corrected chi connectivity index (χ4v) is 19.9. The molecule has 0 radical (unpaired) electrons. The van der Waals surface area contributed by atoms with Gasteiger partial charge in [0, 0.05) is 77.1 Å². The molecule has 0 unspecified atom stereocenters. The Balaban J connectivity index is 0.000000137. The summed E-state index contributed by atoms with van der Waals surface area (Å²) in [5.74, 6) is 2.66. The first-order valence-electron chi connectivity index (χ1n) is 42.4. The molecule has 580 valence electrons. The van der Waals surface area contributed by atoms with Crippen molar-refractivity contribution in [3.8, 4) is 136 Å². The van der Waals surface area contributed by atoms with Gasteiger partial charge in [0.05, 0.1) is 56.7 Å². The monoisotopic (exact) mass is 1600 g/mol. The number of benzene rings is 22. The first-order chi connectivity index (χ1) is 62.3. The fraction of sp³-hybridized carbons (Fsp3) is 0. The lowest BCUT2D eigenvalue weighted by atomic mass is 9.89. The summed E-state index contributed by atoms with van der Waals surface area (Å²) in [6, 6.07) is 149. The van der Waals surface area contributed by atoms with Crippen LogP contribution in [0.15, 0.2) is 406 Å². The van der Waals surface area contributed by atoms with E-state index in [0.717, 1.165) is 127 Å². The highest BCUT2D eigenvalue weighted by Gasteiger charge is 2.26. The Hall–Kier alpha value is -17.4. The Bertz CT molecular complexity index is 8150. The Kier molecular flexibility index (Phi) is 16.3. The van der Waals surface area contributed by atoms with Gasteiger partial charge in [0.25, 0.3) is 0 Å². The van der Waals surface area contributed by atoms with Crippen LogP contribution in [-0.4, -0.2) is 34.1 Å². The molecule has 9 heteroatoms. The van der Waals surface area contributed by atoms with Crippen molar-refractivity contribution in [3.63, 3.8) is 0 Å². The molecule has 0 bridgehead atoms. The van der Waals surface area contributed by atoms with Crippen LogP contribution in [0.2, 0.25) is 0 Å². The third-order valence-electron chi connectivity index (χ3n) is 25.7. The van der Waals surface area contributed by atoms with E-state index in [0.29, 0.717) is 34.4 Å². The second-order valence-corrected chi connectivity index (χ2v) is 32.8. The maximum atomic E-state index is 10.0. The molecule has 0 aliphatic heterocycles. The maximum absolute atomic E-state index is 10.0. The van der Waals surface area contributed by atoms with Crippen molar-refractivity contribution in [1.82, 2.24) is 34.1 Å². The summed E-state index contributed by atoms with van der Waals surface area (Å²) >= 11 is 0. The number of aromatic nitrogens is 7. The van der Waals surface area contributed by atoms with Crippen LogP contribution in [0, 0.1) is 22.7 Å². The molecular weight excluding hydrogens is 1530 g/mol. The van der Waals surface area contributed by atoms with Crippen molar-refractivity contribution >= 4 is 130 Å². The summed E-state index contributed by atoms with van der Waals surface area (Å²) in [5, 5.41) is 43.6. The Morgan fingerprint density at radius 3 is 0.770 bits per heavy atom. The van der Waals surface area contributed by atoms with Gasteiger partial charge in [-0.3, -0.25) is 0 Å². The molecule has 22 aromatic carbocycles. The first-order valence-corrected chi connectivity index (χ1v) is 42.4. The van der Waals surface area contributed by atoms with Crippen LogP contribution in [-0.2, 0) is 0 Å². The molecule has 0 aliphatic rings. The number of hydrogen-bond donors (Lipinski definition) is 0. The average Bonchev–Trinajstić information content (AvgIpc) is 1.55. The van der Waals surface area contributed by atoms with Gasteiger partial charge in [-0.1, -0.05) is 291 Å². The molecule has 0 spiro atoms. The smallest absolute Gasteiger partial charge is 0.164 e. The molecule has 26 aromatic rings. The van der Waals surface area contributed by atoms with Gasteiger partial charge in [-0.25, -0.2) is 24.9 Å². The van der Waals surface area contributed by atoms with E-state index >= 15 is 0 Å². The van der Waals surface area contributed by atoms with Gasteiger partial charge in [-0.05, 0) is 235 Å². The zero-order valence-corrected chi connectivity index (χ0v) is 67.7. The van der Waals surface area contributed by atoms with Crippen molar-refractivity contribution in [2.75, 3.05) is 0 Å². The minimum absolute atomic E-state index is 0.649. The van der Waals surface area contributed by atoms with E-state index in [1.165, 1.54) is 103 Å². The second-order valence-electron chi connectivity index (χ2n) is 32.8. The largest absolute Gasteiger partial charge is 0.309 e. The molecule has 0 saturated heterocycles. The highest BCUT2D eigenvalue weighted by molar-refractivity contribution is 6.30.